The topological polar surface area (TPSA) is 75.5 Å². The summed E-state index contributed by atoms with van der Waals surface area (Å²) in [7, 11) is 0. The molecule has 1 aromatic heterocycles. The molecule has 2 aromatic carbocycles. The zero-order chi connectivity index (χ0) is 22.8. The summed E-state index contributed by atoms with van der Waals surface area (Å²) in [5.41, 5.74) is 0.916. The van der Waals surface area contributed by atoms with Crippen molar-refractivity contribution in [1.29, 1.82) is 0 Å². The van der Waals surface area contributed by atoms with Crippen LogP contribution in [0.25, 0.3) is 0 Å². The van der Waals surface area contributed by atoms with Gasteiger partial charge in [0.1, 0.15) is 31.4 Å². The molecule has 0 bridgehead atoms. The summed E-state index contributed by atoms with van der Waals surface area (Å²) < 4.78 is 18.9. The van der Waals surface area contributed by atoms with Crippen LogP contribution in [0.5, 0.6) is 17.2 Å². The first-order chi connectivity index (χ1) is 15.7. The van der Waals surface area contributed by atoms with E-state index in [9.17, 15) is 4.79 Å². The van der Waals surface area contributed by atoms with Crippen LogP contribution in [0.1, 0.15) is 32.2 Å². The van der Waals surface area contributed by atoms with E-state index in [1.165, 1.54) is 11.8 Å². The SMILES string of the molecule is CC.CCn1c(COc2ccccc2)nnc1SCC(=O)Cc1ccc2c(c1)OCCO2. The van der Waals surface area contributed by atoms with Crippen molar-refractivity contribution >= 4 is 17.5 Å². The van der Waals surface area contributed by atoms with Gasteiger partial charge >= 0.3 is 0 Å². The Bertz CT molecular complexity index is 1010. The zero-order valence-corrected chi connectivity index (χ0v) is 19.6. The highest BCUT2D eigenvalue weighted by molar-refractivity contribution is 7.99. The lowest BCUT2D eigenvalue weighted by molar-refractivity contribution is -0.116. The van der Waals surface area contributed by atoms with E-state index in [1.807, 2.05) is 73.9 Å². The molecule has 0 fully saturated rings. The number of para-hydroxylation sites is 1. The molecule has 32 heavy (non-hydrogen) atoms. The first-order valence-corrected chi connectivity index (χ1v) is 11.8. The number of benzene rings is 2. The summed E-state index contributed by atoms with van der Waals surface area (Å²) in [5.74, 6) is 3.40. The highest BCUT2D eigenvalue weighted by atomic mass is 32.2. The Kier molecular flexibility index (Phi) is 8.98. The van der Waals surface area contributed by atoms with Gasteiger partial charge < -0.3 is 18.8 Å². The molecule has 170 valence electrons. The number of thioether (sulfide) groups is 1. The highest BCUT2D eigenvalue weighted by Gasteiger charge is 2.16. The van der Waals surface area contributed by atoms with Gasteiger partial charge in [0, 0.05) is 13.0 Å². The van der Waals surface area contributed by atoms with Gasteiger partial charge in [-0.15, -0.1) is 10.2 Å². The van der Waals surface area contributed by atoms with Gasteiger partial charge in [0.25, 0.3) is 0 Å². The molecule has 4 rings (SSSR count). The number of fused-ring (bicyclic) bond motifs is 1. The number of carbonyl (C=O) groups excluding carboxylic acids is 1. The van der Waals surface area contributed by atoms with Gasteiger partial charge in [-0.3, -0.25) is 4.79 Å². The largest absolute Gasteiger partial charge is 0.486 e. The number of nitrogens with zero attached hydrogens (tertiary/aromatic N) is 3. The van der Waals surface area contributed by atoms with Crippen molar-refractivity contribution in [1.82, 2.24) is 14.8 Å². The maximum Gasteiger partial charge on any atom is 0.191 e. The van der Waals surface area contributed by atoms with Crippen LogP contribution in [-0.2, 0) is 24.4 Å². The van der Waals surface area contributed by atoms with Gasteiger partial charge in [0.15, 0.2) is 22.5 Å². The van der Waals surface area contributed by atoms with E-state index < -0.39 is 0 Å². The number of hydrogen-bond donors (Lipinski definition) is 0. The molecule has 0 amide bonds. The van der Waals surface area contributed by atoms with Crippen LogP contribution in [0.4, 0.5) is 0 Å². The van der Waals surface area contributed by atoms with Crippen LogP contribution in [0.3, 0.4) is 0 Å². The molecule has 8 heteroatoms. The molecular formula is C24H29N3O4S. The van der Waals surface area contributed by atoms with E-state index in [4.69, 9.17) is 14.2 Å². The normalized spacial score (nSPS) is 12.0. The molecule has 2 heterocycles. The molecule has 0 N–H and O–H groups in total. The van der Waals surface area contributed by atoms with Crippen LogP contribution in [0, 0.1) is 0 Å². The summed E-state index contributed by atoms with van der Waals surface area (Å²) in [5, 5.41) is 9.20. The third-order valence-electron chi connectivity index (χ3n) is 4.59. The Morgan fingerprint density at radius 1 is 1.06 bits per heavy atom. The number of aromatic nitrogens is 3. The number of Topliss-reactive ketones (excluding diaryl/α,β-unsaturated/α-hetero) is 1. The smallest absolute Gasteiger partial charge is 0.191 e. The van der Waals surface area contributed by atoms with Crippen LogP contribution in [0.15, 0.2) is 53.7 Å². The van der Waals surface area contributed by atoms with Crippen molar-refractivity contribution in [2.75, 3.05) is 19.0 Å². The molecule has 0 aliphatic carbocycles. The number of hydrogen-bond acceptors (Lipinski definition) is 7. The second-order valence-electron chi connectivity index (χ2n) is 6.73. The van der Waals surface area contributed by atoms with E-state index in [0.29, 0.717) is 44.3 Å². The molecule has 0 atom stereocenters. The number of rotatable bonds is 9. The summed E-state index contributed by atoms with van der Waals surface area (Å²) in [6, 6.07) is 15.2. The first-order valence-electron chi connectivity index (χ1n) is 10.9. The maximum absolute atomic E-state index is 12.5. The summed E-state index contributed by atoms with van der Waals surface area (Å²) in [6.07, 6.45) is 0.341. The van der Waals surface area contributed by atoms with Gasteiger partial charge in [-0.25, -0.2) is 0 Å². The average Bonchev–Trinajstić information content (AvgIpc) is 3.25. The van der Waals surface area contributed by atoms with Crippen LogP contribution >= 0.6 is 11.8 Å². The van der Waals surface area contributed by atoms with Crippen LogP contribution in [-0.4, -0.2) is 39.5 Å². The molecule has 0 saturated heterocycles. The Labute approximate surface area is 193 Å². The summed E-state index contributed by atoms with van der Waals surface area (Å²) in [4.78, 5) is 12.5. The van der Waals surface area contributed by atoms with E-state index in [1.54, 1.807) is 0 Å². The predicted molar refractivity (Wildman–Crippen MR) is 125 cm³/mol. The fraction of sp³-hybridized carbons (Fsp3) is 0.375. The molecule has 7 nitrogen and oxygen atoms in total. The van der Waals surface area contributed by atoms with E-state index in [0.717, 1.165) is 28.0 Å². The third-order valence-corrected chi connectivity index (χ3v) is 5.62. The molecule has 0 radical (unpaired) electrons. The predicted octanol–water partition coefficient (Wildman–Crippen LogP) is 4.58. The van der Waals surface area contributed by atoms with Crippen molar-refractivity contribution in [3.05, 3.63) is 59.9 Å². The number of carbonyl (C=O) groups is 1. The molecule has 0 unspecified atom stereocenters. The third kappa shape index (κ3) is 6.26. The van der Waals surface area contributed by atoms with E-state index >= 15 is 0 Å². The lowest BCUT2D eigenvalue weighted by Crippen LogP contribution is -2.15. The van der Waals surface area contributed by atoms with Gasteiger partial charge in [-0.2, -0.15) is 0 Å². The minimum absolute atomic E-state index is 0.115. The summed E-state index contributed by atoms with van der Waals surface area (Å²) in [6.45, 7) is 8.15. The second kappa shape index (κ2) is 12.1. The second-order valence-corrected chi connectivity index (χ2v) is 7.67. The average molecular weight is 456 g/mol. The molecule has 1 aliphatic heterocycles. The quantitative estimate of drug-likeness (QED) is 0.437. The lowest BCUT2D eigenvalue weighted by atomic mass is 10.1. The van der Waals surface area contributed by atoms with E-state index in [-0.39, 0.29) is 5.78 Å². The molecule has 1 aliphatic rings. The molecule has 0 spiro atoms. The van der Waals surface area contributed by atoms with Gasteiger partial charge in [0.2, 0.25) is 0 Å². The molecular weight excluding hydrogens is 426 g/mol. The van der Waals surface area contributed by atoms with Crippen molar-refractivity contribution in [2.24, 2.45) is 0 Å². The monoisotopic (exact) mass is 455 g/mol. The van der Waals surface area contributed by atoms with Crippen molar-refractivity contribution in [2.45, 2.75) is 45.5 Å². The minimum Gasteiger partial charge on any atom is -0.486 e. The summed E-state index contributed by atoms with van der Waals surface area (Å²) >= 11 is 1.40. The maximum atomic E-state index is 12.5. The zero-order valence-electron chi connectivity index (χ0n) is 18.7. The molecule has 3 aromatic rings. The van der Waals surface area contributed by atoms with Gasteiger partial charge in [-0.1, -0.05) is 49.9 Å². The minimum atomic E-state index is 0.115. The van der Waals surface area contributed by atoms with Crippen LogP contribution < -0.4 is 14.2 Å². The Hall–Kier alpha value is -3.00. The fourth-order valence-corrected chi connectivity index (χ4v) is 4.02. The number of ketones is 1. The van der Waals surface area contributed by atoms with Crippen LogP contribution in [0.2, 0.25) is 0 Å². The van der Waals surface area contributed by atoms with Gasteiger partial charge in [0.05, 0.1) is 5.75 Å². The standard InChI is InChI=1S/C22H23N3O4S.C2H6/c1-2-25-21(14-29-18-6-4-3-5-7-18)23-24-22(25)30-15-17(26)12-16-8-9-19-20(13-16)28-11-10-27-19;1-2/h3-9,13H,2,10-12,14-15H2,1H3;1-2H3. The lowest BCUT2D eigenvalue weighted by Gasteiger charge is -2.18. The van der Waals surface area contributed by atoms with Crippen molar-refractivity contribution < 1.29 is 19.0 Å². The highest BCUT2D eigenvalue weighted by Crippen LogP contribution is 2.31. The number of ether oxygens (including phenoxy) is 3. The molecule has 0 saturated carbocycles. The van der Waals surface area contributed by atoms with Crippen molar-refractivity contribution in [3.63, 3.8) is 0 Å². The Morgan fingerprint density at radius 2 is 1.81 bits per heavy atom. The van der Waals surface area contributed by atoms with Gasteiger partial charge in [-0.05, 0) is 36.8 Å². The Balaban J connectivity index is 0.00000141. The Morgan fingerprint density at radius 3 is 2.56 bits per heavy atom. The first kappa shape index (κ1) is 23.7. The fourth-order valence-electron chi connectivity index (χ4n) is 3.14. The van der Waals surface area contributed by atoms with Crippen molar-refractivity contribution in [3.8, 4) is 17.2 Å². The van der Waals surface area contributed by atoms with E-state index in [2.05, 4.69) is 10.2 Å².